The number of ether oxygens (including phenoxy) is 1. The lowest BCUT2D eigenvalue weighted by Crippen LogP contribution is -2.12. The van der Waals surface area contributed by atoms with Crippen molar-refractivity contribution in [3.8, 4) is 5.75 Å². The third kappa shape index (κ3) is 4.45. The Morgan fingerprint density at radius 2 is 1.67 bits per heavy atom. The van der Waals surface area contributed by atoms with Crippen LogP contribution in [0.1, 0.15) is 11.7 Å². The van der Waals surface area contributed by atoms with Crippen LogP contribution in [0.5, 0.6) is 5.75 Å². The summed E-state index contributed by atoms with van der Waals surface area (Å²) in [5, 5.41) is 13.5. The average molecular weight is 480 g/mol. The predicted molar refractivity (Wildman–Crippen MR) is 96.0 cm³/mol. The Labute approximate surface area is 149 Å². The second-order valence-corrected chi connectivity index (χ2v) is 7.04. The second kappa shape index (κ2) is 7.63. The minimum atomic E-state index is -0.599. The molecule has 21 heavy (non-hydrogen) atoms. The molecule has 0 saturated carbocycles. The number of aliphatic hydroxyl groups excluding tert-OH is 1. The first-order valence-corrected chi connectivity index (χ1v) is 8.59. The van der Waals surface area contributed by atoms with Gasteiger partial charge in [-0.3, -0.25) is 0 Å². The Morgan fingerprint density at radius 3 is 2.19 bits per heavy atom. The zero-order valence-electron chi connectivity index (χ0n) is 11.2. The molecule has 0 aliphatic carbocycles. The summed E-state index contributed by atoms with van der Waals surface area (Å²) < 4.78 is 7.93. The molecule has 0 aromatic heterocycles. The van der Waals surface area contributed by atoms with Gasteiger partial charge < -0.3 is 15.2 Å². The van der Waals surface area contributed by atoms with Crippen molar-refractivity contribution in [2.45, 2.75) is 6.10 Å². The molecule has 2 rings (SSSR count). The first kappa shape index (κ1) is 16.8. The third-order valence-electron chi connectivity index (χ3n) is 2.98. The number of hydrogen-bond acceptors (Lipinski definition) is 3. The number of hydrogen-bond donors (Lipinski definition) is 2. The SMILES string of the molecule is COc1ccc(C(O)CNc2c(Br)cc(Br)cc2Br)cc1. The van der Waals surface area contributed by atoms with Gasteiger partial charge in [0, 0.05) is 20.0 Å². The summed E-state index contributed by atoms with van der Waals surface area (Å²) in [6.45, 7) is 0.408. The molecule has 0 saturated heterocycles. The van der Waals surface area contributed by atoms with Crippen molar-refractivity contribution in [1.82, 2.24) is 0 Å². The molecular weight excluding hydrogens is 466 g/mol. The van der Waals surface area contributed by atoms with Crippen LogP contribution in [-0.2, 0) is 0 Å². The summed E-state index contributed by atoms with van der Waals surface area (Å²) in [5.74, 6) is 0.775. The highest BCUT2D eigenvalue weighted by Gasteiger charge is 2.11. The van der Waals surface area contributed by atoms with E-state index in [2.05, 4.69) is 53.1 Å². The van der Waals surface area contributed by atoms with Crippen molar-refractivity contribution in [3.05, 3.63) is 55.4 Å². The highest BCUT2D eigenvalue weighted by molar-refractivity contribution is 9.11. The molecule has 2 aromatic carbocycles. The van der Waals surface area contributed by atoms with E-state index in [0.717, 1.165) is 30.4 Å². The van der Waals surface area contributed by atoms with Crippen LogP contribution in [0.15, 0.2) is 49.8 Å². The molecule has 1 atom stereocenters. The van der Waals surface area contributed by atoms with E-state index in [9.17, 15) is 5.11 Å². The molecule has 2 aromatic rings. The highest BCUT2D eigenvalue weighted by atomic mass is 79.9. The Bertz CT molecular complexity index is 594. The zero-order valence-corrected chi connectivity index (χ0v) is 16.0. The van der Waals surface area contributed by atoms with Crippen LogP contribution < -0.4 is 10.1 Å². The van der Waals surface area contributed by atoms with Gasteiger partial charge in [0.25, 0.3) is 0 Å². The molecule has 0 radical (unpaired) electrons. The van der Waals surface area contributed by atoms with E-state index in [1.165, 1.54) is 0 Å². The van der Waals surface area contributed by atoms with Crippen molar-refractivity contribution in [2.75, 3.05) is 19.0 Å². The molecule has 1 unspecified atom stereocenters. The summed E-state index contributed by atoms with van der Waals surface area (Å²) in [5.41, 5.74) is 1.75. The Hall–Kier alpha value is -0.560. The normalized spacial score (nSPS) is 12.0. The number of anilines is 1. The van der Waals surface area contributed by atoms with Crippen LogP contribution in [0.25, 0.3) is 0 Å². The lowest BCUT2D eigenvalue weighted by Gasteiger charge is -2.16. The fraction of sp³-hybridized carbons (Fsp3) is 0.200. The summed E-state index contributed by atoms with van der Waals surface area (Å²) >= 11 is 10.4. The summed E-state index contributed by atoms with van der Waals surface area (Å²) in [7, 11) is 1.62. The van der Waals surface area contributed by atoms with Crippen molar-refractivity contribution in [1.29, 1.82) is 0 Å². The molecule has 3 nitrogen and oxygen atoms in total. The van der Waals surface area contributed by atoms with Crippen molar-refractivity contribution in [3.63, 3.8) is 0 Å². The molecule has 2 N–H and O–H groups in total. The van der Waals surface area contributed by atoms with E-state index in [1.54, 1.807) is 7.11 Å². The monoisotopic (exact) mass is 477 g/mol. The van der Waals surface area contributed by atoms with Gasteiger partial charge in [-0.2, -0.15) is 0 Å². The first-order chi connectivity index (χ1) is 10.0. The molecule has 6 heteroatoms. The maximum atomic E-state index is 10.2. The number of aliphatic hydroxyl groups is 1. The smallest absolute Gasteiger partial charge is 0.118 e. The van der Waals surface area contributed by atoms with Crippen molar-refractivity contribution < 1.29 is 9.84 Å². The Morgan fingerprint density at radius 1 is 1.10 bits per heavy atom. The largest absolute Gasteiger partial charge is 0.497 e. The number of benzene rings is 2. The standard InChI is InChI=1S/C15H14Br3NO2/c1-21-11-4-2-9(3-5-11)14(20)8-19-15-12(17)6-10(16)7-13(15)18/h2-7,14,19-20H,8H2,1H3. The number of nitrogens with one attached hydrogen (secondary N) is 1. The predicted octanol–water partition coefficient (Wildman–Crippen LogP) is 5.13. The topological polar surface area (TPSA) is 41.5 Å². The molecule has 0 spiro atoms. The van der Waals surface area contributed by atoms with Crippen molar-refractivity contribution >= 4 is 53.5 Å². The molecule has 0 amide bonds. The van der Waals surface area contributed by atoms with E-state index >= 15 is 0 Å². The number of halogens is 3. The molecular formula is C15H14Br3NO2. The van der Waals surface area contributed by atoms with E-state index in [0.29, 0.717) is 6.54 Å². The Kier molecular flexibility index (Phi) is 6.10. The molecule has 0 bridgehead atoms. The summed E-state index contributed by atoms with van der Waals surface area (Å²) in [4.78, 5) is 0. The van der Waals surface area contributed by atoms with Gasteiger partial charge in [0.05, 0.1) is 18.9 Å². The summed E-state index contributed by atoms with van der Waals surface area (Å²) in [6.07, 6.45) is -0.599. The van der Waals surface area contributed by atoms with Gasteiger partial charge in [0.1, 0.15) is 5.75 Å². The van der Waals surface area contributed by atoms with E-state index in [-0.39, 0.29) is 0 Å². The second-order valence-electron chi connectivity index (χ2n) is 4.41. The van der Waals surface area contributed by atoms with Gasteiger partial charge in [-0.1, -0.05) is 28.1 Å². The van der Waals surface area contributed by atoms with Crippen LogP contribution in [0.4, 0.5) is 5.69 Å². The van der Waals surface area contributed by atoms with E-state index < -0.39 is 6.10 Å². The van der Waals surface area contributed by atoms with Crippen LogP contribution in [0.3, 0.4) is 0 Å². The summed E-state index contributed by atoms with van der Waals surface area (Å²) in [6, 6.07) is 11.3. The maximum Gasteiger partial charge on any atom is 0.118 e. The highest BCUT2D eigenvalue weighted by Crippen LogP contribution is 2.34. The van der Waals surface area contributed by atoms with Crippen LogP contribution in [0, 0.1) is 0 Å². The molecule has 0 aliphatic heterocycles. The average Bonchev–Trinajstić information content (AvgIpc) is 2.46. The van der Waals surface area contributed by atoms with Gasteiger partial charge in [-0.05, 0) is 61.7 Å². The van der Waals surface area contributed by atoms with Gasteiger partial charge >= 0.3 is 0 Å². The number of methoxy groups -OCH3 is 1. The fourth-order valence-corrected chi connectivity index (χ4v) is 4.39. The first-order valence-electron chi connectivity index (χ1n) is 6.21. The lowest BCUT2D eigenvalue weighted by molar-refractivity contribution is 0.191. The molecule has 0 aliphatic rings. The van der Waals surface area contributed by atoms with Crippen LogP contribution in [-0.4, -0.2) is 18.8 Å². The third-order valence-corrected chi connectivity index (χ3v) is 4.69. The van der Waals surface area contributed by atoms with Crippen molar-refractivity contribution in [2.24, 2.45) is 0 Å². The van der Waals surface area contributed by atoms with Gasteiger partial charge in [-0.15, -0.1) is 0 Å². The van der Waals surface area contributed by atoms with Gasteiger partial charge in [0.15, 0.2) is 0 Å². The minimum absolute atomic E-state index is 0.408. The zero-order chi connectivity index (χ0) is 15.4. The number of rotatable bonds is 5. The maximum absolute atomic E-state index is 10.2. The van der Waals surface area contributed by atoms with Gasteiger partial charge in [0.2, 0.25) is 0 Å². The van der Waals surface area contributed by atoms with Crippen LogP contribution >= 0.6 is 47.8 Å². The van der Waals surface area contributed by atoms with E-state index in [4.69, 9.17) is 4.74 Å². The molecule has 0 heterocycles. The molecule has 0 fully saturated rings. The lowest BCUT2D eigenvalue weighted by atomic mass is 10.1. The molecule has 112 valence electrons. The van der Waals surface area contributed by atoms with Crippen LogP contribution in [0.2, 0.25) is 0 Å². The minimum Gasteiger partial charge on any atom is -0.497 e. The Balaban J connectivity index is 2.05. The fourth-order valence-electron chi connectivity index (χ4n) is 1.85. The van der Waals surface area contributed by atoms with Gasteiger partial charge in [-0.25, -0.2) is 0 Å². The van der Waals surface area contributed by atoms with E-state index in [1.807, 2.05) is 36.4 Å². The quantitative estimate of drug-likeness (QED) is 0.624.